The van der Waals surface area contributed by atoms with Crippen LogP contribution in [0.15, 0.2) is 24.3 Å². The van der Waals surface area contributed by atoms with Crippen molar-refractivity contribution >= 4 is 29.9 Å². The highest BCUT2D eigenvalue weighted by Crippen LogP contribution is 2.15. The molecule has 0 heterocycles. The minimum Gasteiger partial charge on any atom is -0.349 e. The van der Waals surface area contributed by atoms with Crippen molar-refractivity contribution in [1.82, 2.24) is 10.2 Å². The first-order valence-corrected chi connectivity index (χ1v) is 7.33. The number of anilines is 1. The van der Waals surface area contributed by atoms with Gasteiger partial charge in [0.1, 0.15) is 0 Å². The van der Waals surface area contributed by atoms with Crippen molar-refractivity contribution in [2.75, 3.05) is 26.0 Å². The van der Waals surface area contributed by atoms with E-state index in [9.17, 15) is 9.59 Å². The maximum Gasteiger partial charge on any atom is 0.224 e. The lowest BCUT2D eigenvalue weighted by atomic mass is 10.1. The third-order valence-corrected chi connectivity index (χ3v) is 3.15. The van der Waals surface area contributed by atoms with Crippen LogP contribution in [0.5, 0.6) is 0 Å². The lowest BCUT2D eigenvalue weighted by Gasteiger charge is -2.12. The Balaban J connectivity index is 0.00000441. The van der Waals surface area contributed by atoms with Crippen molar-refractivity contribution in [1.29, 1.82) is 0 Å². The van der Waals surface area contributed by atoms with Gasteiger partial charge in [0.2, 0.25) is 11.8 Å². The van der Waals surface area contributed by atoms with E-state index in [1.54, 1.807) is 19.0 Å². The smallest absolute Gasteiger partial charge is 0.224 e. The summed E-state index contributed by atoms with van der Waals surface area (Å²) in [7, 11) is 3.44. The van der Waals surface area contributed by atoms with E-state index in [-0.39, 0.29) is 24.2 Å². The highest BCUT2D eigenvalue weighted by atomic mass is 35.5. The molecule has 0 saturated carbocycles. The van der Waals surface area contributed by atoms with Gasteiger partial charge in [-0.25, -0.2) is 0 Å². The normalized spacial score (nSPS) is 9.77. The number of nitrogens with one attached hydrogen (secondary N) is 2. The molecule has 124 valence electrons. The van der Waals surface area contributed by atoms with Gasteiger partial charge in [0.05, 0.1) is 0 Å². The highest BCUT2D eigenvalue weighted by molar-refractivity contribution is 5.91. The second-order valence-corrected chi connectivity index (χ2v) is 5.13. The Morgan fingerprint density at radius 1 is 1.14 bits per heavy atom. The van der Waals surface area contributed by atoms with E-state index in [1.807, 2.05) is 31.2 Å². The molecule has 2 N–H and O–H groups in total. The van der Waals surface area contributed by atoms with E-state index < -0.39 is 0 Å². The summed E-state index contributed by atoms with van der Waals surface area (Å²) < 4.78 is 0. The average molecular weight is 328 g/mol. The fraction of sp³-hybridized carbons (Fsp3) is 0.500. The number of nitrogens with zero attached hydrogens (tertiary/aromatic N) is 1. The van der Waals surface area contributed by atoms with Crippen LogP contribution in [-0.4, -0.2) is 37.4 Å². The van der Waals surface area contributed by atoms with Gasteiger partial charge in [0, 0.05) is 39.2 Å². The van der Waals surface area contributed by atoms with Crippen molar-refractivity contribution < 1.29 is 9.59 Å². The quantitative estimate of drug-likeness (QED) is 0.771. The largest absolute Gasteiger partial charge is 0.349 e. The molecule has 0 atom stereocenters. The van der Waals surface area contributed by atoms with Gasteiger partial charge in [-0.3, -0.25) is 9.59 Å². The van der Waals surface area contributed by atoms with Gasteiger partial charge in [-0.05, 0) is 24.6 Å². The maximum atomic E-state index is 11.9. The molecule has 1 aromatic carbocycles. The summed E-state index contributed by atoms with van der Waals surface area (Å²) in [6.45, 7) is 3.66. The third-order valence-electron chi connectivity index (χ3n) is 3.15. The number of rotatable bonds is 8. The predicted octanol–water partition coefficient (Wildman–Crippen LogP) is 2.41. The zero-order valence-corrected chi connectivity index (χ0v) is 14.3. The summed E-state index contributed by atoms with van der Waals surface area (Å²) in [4.78, 5) is 24.9. The summed E-state index contributed by atoms with van der Waals surface area (Å²) >= 11 is 0. The summed E-state index contributed by atoms with van der Waals surface area (Å²) in [5, 5.41) is 6.17. The second-order valence-electron chi connectivity index (χ2n) is 5.13. The van der Waals surface area contributed by atoms with Crippen LogP contribution in [0.25, 0.3) is 0 Å². The third kappa shape index (κ3) is 7.43. The monoisotopic (exact) mass is 327 g/mol. The van der Waals surface area contributed by atoms with Crippen molar-refractivity contribution in [2.24, 2.45) is 0 Å². The first-order chi connectivity index (χ1) is 10.0. The molecule has 5 nitrogen and oxygen atoms in total. The van der Waals surface area contributed by atoms with E-state index in [2.05, 4.69) is 10.6 Å². The Morgan fingerprint density at radius 2 is 1.82 bits per heavy atom. The van der Waals surface area contributed by atoms with Crippen LogP contribution < -0.4 is 10.6 Å². The topological polar surface area (TPSA) is 61.4 Å². The van der Waals surface area contributed by atoms with E-state index in [0.717, 1.165) is 24.3 Å². The molecule has 0 bridgehead atoms. The number of carbonyl (C=O) groups is 2. The fourth-order valence-electron chi connectivity index (χ4n) is 1.89. The molecule has 0 aliphatic rings. The molecule has 0 aromatic heterocycles. The lowest BCUT2D eigenvalue weighted by molar-refractivity contribution is -0.128. The van der Waals surface area contributed by atoms with Crippen molar-refractivity contribution in [2.45, 2.75) is 32.7 Å². The molecule has 0 saturated heterocycles. The van der Waals surface area contributed by atoms with Gasteiger partial charge < -0.3 is 15.5 Å². The Hall–Kier alpha value is -1.59. The van der Waals surface area contributed by atoms with Crippen LogP contribution >= 0.6 is 12.4 Å². The van der Waals surface area contributed by atoms with Crippen LogP contribution in [0.4, 0.5) is 5.69 Å². The molecule has 0 unspecified atom stereocenters. The SMILES string of the molecule is CCNCc1ccccc1NC(=O)CCCC(=O)N(C)C.Cl. The number of halogens is 1. The summed E-state index contributed by atoms with van der Waals surface area (Å²) in [5.41, 5.74) is 1.90. The van der Waals surface area contributed by atoms with Crippen molar-refractivity contribution in [3.8, 4) is 0 Å². The fourth-order valence-corrected chi connectivity index (χ4v) is 1.89. The molecule has 0 spiro atoms. The van der Waals surface area contributed by atoms with Gasteiger partial charge in [-0.1, -0.05) is 25.1 Å². The molecule has 0 radical (unpaired) electrons. The van der Waals surface area contributed by atoms with Crippen LogP contribution in [0.1, 0.15) is 31.7 Å². The first kappa shape index (κ1) is 20.4. The average Bonchev–Trinajstić information content (AvgIpc) is 2.46. The summed E-state index contributed by atoms with van der Waals surface area (Å²) in [5.74, 6) is 0.000788. The number of para-hydroxylation sites is 1. The number of hydrogen-bond acceptors (Lipinski definition) is 3. The van der Waals surface area contributed by atoms with Gasteiger partial charge in [-0.2, -0.15) is 0 Å². The van der Waals surface area contributed by atoms with Gasteiger partial charge in [-0.15, -0.1) is 12.4 Å². The minimum absolute atomic E-state index is 0. The predicted molar refractivity (Wildman–Crippen MR) is 92.2 cm³/mol. The molecule has 2 amide bonds. The molecule has 0 aliphatic carbocycles. The minimum atomic E-state index is -0.0505. The van der Waals surface area contributed by atoms with Crippen LogP contribution in [-0.2, 0) is 16.1 Å². The van der Waals surface area contributed by atoms with E-state index in [0.29, 0.717) is 19.3 Å². The second kappa shape index (κ2) is 11.0. The van der Waals surface area contributed by atoms with E-state index in [4.69, 9.17) is 0 Å². The molecule has 6 heteroatoms. The molecule has 22 heavy (non-hydrogen) atoms. The molecule has 0 fully saturated rings. The number of benzene rings is 1. The zero-order chi connectivity index (χ0) is 15.7. The Bertz CT molecular complexity index is 478. The van der Waals surface area contributed by atoms with Gasteiger partial charge >= 0.3 is 0 Å². The summed E-state index contributed by atoms with van der Waals surface area (Å²) in [6.07, 6.45) is 1.33. The maximum absolute atomic E-state index is 11.9. The Labute approximate surface area is 138 Å². The standard InChI is InChI=1S/C16H25N3O2.ClH/c1-4-17-12-13-8-5-6-9-14(13)18-15(20)10-7-11-16(21)19(2)3;/h5-6,8-9,17H,4,7,10-12H2,1-3H3,(H,18,20);1H. The summed E-state index contributed by atoms with van der Waals surface area (Å²) in [6, 6.07) is 7.75. The lowest BCUT2D eigenvalue weighted by Crippen LogP contribution is -2.22. The van der Waals surface area contributed by atoms with Crippen molar-refractivity contribution in [3.05, 3.63) is 29.8 Å². The molecule has 1 aromatic rings. The van der Waals surface area contributed by atoms with Gasteiger partial charge in [0.25, 0.3) is 0 Å². The molecule has 1 rings (SSSR count). The van der Waals surface area contributed by atoms with Crippen LogP contribution in [0.3, 0.4) is 0 Å². The molecule has 0 aliphatic heterocycles. The van der Waals surface area contributed by atoms with E-state index >= 15 is 0 Å². The van der Waals surface area contributed by atoms with Crippen LogP contribution in [0, 0.1) is 0 Å². The van der Waals surface area contributed by atoms with Crippen LogP contribution in [0.2, 0.25) is 0 Å². The molecular weight excluding hydrogens is 302 g/mol. The van der Waals surface area contributed by atoms with E-state index in [1.165, 1.54) is 0 Å². The van der Waals surface area contributed by atoms with Crippen molar-refractivity contribution in [3.63, 3.8) is 0 Å². The molecular formula is C16H26ClN3O2. The first-order valence-electron chi connectivity index (χ1n) is 7.33. The Morgan fingerprint density at radius 3 is 2.45 bits per heavy atom. The highest BCUT2D eigenvalue weighted by Gasteiger charge is 2.08. The number of hydrogen-bond donors (Lipinski definition) is 2. The number of amides is 2. The Kier molecular flexibility index (Phi) is 10.2. The van der Waals surface area contributed by atoms with Gasteiger partial charge in [0.15, 0.2) is 0 Å². The zero-order valence-electron chi connectivity index (χ0n) is 13.5. The number of carbonyl (C=O) groups excluding carboxylic acids is 2.